The van der Waals surface area contributed by atoms with E-state index in [9.17, 15) is 0 Å². The van der Waals surface area contributed by atoms with E-state index in [1.54, 1.807) is 6.08 Å². The predicted molar refractivity (Wildman–Crippen MR) is 33.9 cm³/mol. The molecule has 0 aromatic carbocycles. The topological polar surface area (TPSA) is 0 Å². The zero-order valence-corrected chi connectivity index (χ0v) is 4.72. The molecule has 0 bridgehead atoms. The Kier molecular flexibility index (Phi) is 3.39. The van der Waals surface area contributed by atoms with E-state index in [-0.39, 0.29) is 0 Å². The van der Waals surface area contributed by atoms with Crippen LogP contribution in [0.25, 0.3) is 0 Å². The molecule has 0 nitrogen and oxygen atoms in total. The summed E-state index contributed by atoms with van der Waals surface area (Å²) >= 11 is 0. The van der Waals surface area contributed by atoms with E-state index in [2.05, 4.69) is 13.5 Å². The molecule has 0 spiro atoms. The molecule has 0 aliphatic carbocycles. The number of hydrogen-bond acceptors (Lipinski definition) is 0. The van der Waals surface area contributed by atoms with Gasteiger partial charge in [-0.1, -0.05) is 31.7 Å². The fourth-order valence-corrected chi connectivity index (χ4v) is 0.268. The van der Waals surface area contributed by atoms with Gasteiger partial charge < -0.3 is 0 Å². The van der Waals surface area contributed by atoms with Gasteiger partial charge in [0, 0.05) is 0 Å². The highest BCUT2D eigenvalue weighted by atomic mass is 13.8. The molecule has 0 rings (SSSR count). The molecule has 39 valence electrons. The molecule has 0 N–H and O–H groups in total. The summed E-state index contributed by atoms with van der Waals surface area (Å²) in [7, 11) is 0. The Morgan fingerprint density at radius 3 is 2.29 bits per heavy atom. The average molecular weight is 95.2 g/mol. The molecular weight excluding hydrogens is 84.1 g/mol. The van der Waals surface area contributed by atoms with E-state index in [0.29, 0.717) is 5.92 Å². The van der Waals surface area contributed by atoms with Crippen molar-refractivity contribution in [1.82, 2.24) is 0 Å². The molecule has 0 amide bonds. The lowest BCUT2D eigenvalue weighted by Gasteiger charge is -1.87. The quantitative estimate of drug-likeness (QED) is 0.461. The molecular formula is C7H11. The van der Waals surface area contributed by atoms with Gasteiger partial charge in [-0.25, -0.2) is 0 Å². The van der Waals surface area contributed by atoms with Crippen LogP contribution < -0.4 is 0 Å². The van der Waals surface area contributed by atoms with Crippen LogP contribution >= 0.6 is 0 Å². The molecule has 0 aliphatic rings. The van der Waals surface area contributed by atoms with Gasteiger partial charge >= 0.3 is 0 Å². The van der Waals surface area contributed by atoms with Crippen LogP contribution in [0.1, 0.15) is 6.92 Å². The molecule has 1 atom stereocenters. The summed E-state index contributed by atoms with van der Waals surface area (Å²) in [6.07, 6.45) is 5.65. The summed E-state index contributed by atoms with van der Waals surface area (Å²) < 4.78 is 0. The van der Waals surface area contributed by atoms with Crippen molar-refractivity contribution in [3.63, 3.8) is 0 Å². The van der Waals surface area contributed by atoms with Gasteiger partial charge in [-0.15, -0.1) is 0 Å². The van der Waals surface area contributed by atoms with Crippen LogP contribution in [0.2, 0.25) is 0 Å². The van der Waals surface area contributed by atoms with Crippen molar-refractivity contribution >= 4 is 0 Å². The van der Waals surface area contributed by atoms with Crippen molar-refractivity contribution in [2.24, 2.45) is 5.92 Å². The average Bonchev–Trinajstić information content (AvgIpc) is 1.61. The second-order valence-electron chi connectivity index (χ2n) is 1.60. The summed E-state index contributed by atoms with van der Waals surface area (Å²) in [4.78, 5) is 0. The molecule has 0 heterocycles. The van der Waals surface area contributed by atoms with Crippen molar-refractivity contribution in [1.29, 1.82) is 0 Å². The molecule has 0 heteroatoms. The van der Waals surface area contributed by atoms with Gasteiger partial charge in [0.25, 0.3) is 0 Å². The first kappa shape index (κ1) is 6.48. The molecule has 0 fully saturated rings. The van der Waals surface area contributed by atoms with Crippen molar-refractivity contribution < 1.29 is 0 Å². The molecule has 1 radical (unpaired) electrons. The Morgan fingerprint density at radius 2 is 2.14 bits per heavy atom. The molecule has 0 aliphatic heterocycles. The molecule has 0 saturated carbocycles. The maximum absolute atomic E-state index is 3.74. The summed E-state index contributed by atoms with van der Waals surface area (Å²) in [5.74, 6) is 0.401. The smallest absolute Gasteiger partial charge is 0.0259 e. The zero-order chi connectivity index (χ0) is 5.70. The fourth-order valence-electron chi connectivity index (χ4n) is 0.268. The SMILES string of the molecule is [CH2]C(C)C=CC=C. The Labute approximate surface area is 45.5 Å². The minimum absolute atomic E-state index is 0.401. The maximum atomic E-state index is 3.74. The minimum atomic E-state index is 0.401. The van der Waals surface area contributed by atoms with E-state index in [0.717, 1.165) is 0 Å². The lowest BCUT2D eigenvalue weighted by Crippen LogP contribution is -1.74. The van der Waals surface area contributed by atoms with E-state index in [4.69, 9.17) is 0 Å². The zero-order valence-electron chi connectivity index (χ0n) is 4.72. The normalized spacial score (nSPS) is 10.7. The summed E-state index contributed by atoms with van der Waals surface area (Å²) in [5, 5.41) is 0. The monoisotopic (exact) mass is 95.1 g/mol. The molecule has 7 heavy (non-hydrogen) atoms. The van der Waals surface area contributed by atoms with Gasteiger partial charge in [-0.3, -0.25) is 0 Å². The molecule has 1 unspecified atom stereocenters. The van der Waals surface area contributed by atoms with Gasteiger partial charge in [0.05, 0.1) is 0 Å². The highest BCUT2D eigenvalue weighted by molar-refractivity contribution is 4.99. The lowest BCUT2D eigenvalue weighted by atomic mass is 10.2. The Hall–Kier alpha value is -0.520. The van der Waals surface area contributed by atoms with Crippen molar-refractivity contribution in [3.05, 3.63) is 31.7 Å². The van der Waals surface area contributed by atoms with Crippen LogP contribution in [0.5, 0.6) is 0 Å². The molecule has 0 aromatic rings. The van der Waals surface area contributed by atoms with Crippen LogP contribution in [-0.4, -0.2) is 0 Å². The van der Waals surface area contributed by atoms with Crippen molar-refractivity contribution in [3.8, 4) is 0 Å². The number of hydrogen-bond donors (Lipinski definition) is 0. The molecule has 0 saturated heterocycles. The minimum Gasteiger partial charge on any atom is -0.0991 e. The number of rotatable bonds is 2. The van der Waals surface area contributed by atoms with Gasteiger partial charge in [-0.05, 0) is 12.8 Å². The second-order valence-corrected chi connectivity index (χ2v) is 1.60. The Bertz CT molecular complexity index is 68.1. The van der Waals surface area contributed by atoms with E-state index >= 15 is 0 Å². The Balaban J connectivity index is 3.25. The third kappa shape index (κ3) is 5.48. The largest absolute Gasteiger partial charge is 0.0991 e. The van der Waals surface area contributed by atoms with Gasteiger partial charge in [0.15, 0.2) is 0 Å². The molecule has 0 aromatic heterocycles. The van der Waals surface area contributed by atoms with Crippen molar-refractivity contribution in [2.75, 3.05) is 0 Å². The van der Waals surface area contributed by atoms with Crippen LogP contribution in [0, 0.1) is 12.8 Å². The summed E-state index contributed by atoms with van der Waals surface area (Å²) in [6.45, 7) is 9.29. The van der Waals surface area contributed by atoms with Crippen molar-refractivity contribution in [2.45, 2.75) is 6.92 Å². The number of allylic oxidation sites excluding steroid dienone is 3. The van der Waals surface area contributed by atoms with Crippen LogP contribution in [0.15, 0.2) is 24.8 Å². The third-order valence-corrected chi connectivity index (χ3v) is 0.576. The van der Waals surface area contributed by atoms with Gasteiger partial charge in [0.2, 0.25) is 0 Å². The lowest BCUT2D eigenvalue weighted by molar-refractivity contribution is 0.936. The van der Waals surface area contributed by atoms with E-state index in [1.165, 1.54) is 0 Å². The van der Waals surface area contributed by atoms with Crippen LogP contribution in [0.3, 0.4) is 0 Å². The first-order valence-electron chi connectivity index (χ1n) is 2.39. The van der Waals surface area contributed by atoms with Gasteiger partial charge in [0.1, 0.15) is 0 Å². The predicted octanol–water partition coefficient (Wildman–Crippen LogP) is 2.20. The Morgan fingerprint density at radius 1 is 1.57 bits per heavy atom. The third-order valence-electron chi connectivity index (χ3n) is 0.576. The maximum Gasteiger partial charge on any atom is -0.0259 e. The van der Waals surface area contributed by atoms with Crippen LogP contribution in [-0.2, 0) is 0 Å². The highest BCUT2D eigenvalue weighted by Crippen LogP contribution is 1.90. The van der Waals surface area contributed by atoms with Gasteiger partial charge in [-0.2, -0.15) is 0 Å². The highest BCUT2D eigenvalue weighted by Gasteiger charge is 1.77. The van der Waals surface area contributed by atoms with Crippen LogP contribution in [0.4, 0.5) is 0 Å². The first-order valence-corrected chi connectivity index (χ1v) is 2.39. The van der Waals surface area contributed by atoms with E-state index < -0.39 is 0 Å². The fraction of sp³-hybridized carbons (Fsp3) is 0.286. The first-order chi connectivity index (χ1) is 3.27. The van der Waals surface area contributed by atoms with E-state index in [1.807, 2.05) is 19.1 Å². The second kappa shape index (κ2) is 3.66. The summed E-state index contributed by atoms with van der Waals surface area (Å²) in [5.41, 5.74) is 0. The standard InChI is InChI=1S/C7H11/c1-4-5-6-7(2)3/h4-7H,1-2H2,3H3. The summed E-state index contributed by atoms with van der Waals surface area (Å²) in [6, 6.07) is 0.